The SMILES string of the molecule is Nc1ccc(CN2CC(=O)NC(=O)C2)cc1[N+](=O)[O-]. The van der Waals surface area contributed by atoms with E-state index in [0.29, 0.717) is 5.56 Å². The number of anilines is 1. The maximum atomic E-state index is 11.2. The van der Waals surface area contributed by atoms with Crippen molar-refractivity contribution in [2.75, 3.05) is 18.8 Å². The number of imide groups is 1. The molecule has 2 rings (SSSR count). The third kappa shape index (κ3) is 3.05. The Bertz CT molecular complexity index is 542. The minimum absolute atomic E-state index is 0.0845. The number of hydrogen-bond acceptors (Lipinski definition) is 6. The second-order valence-corrected chi connectivity index (χ2v) is 4.27. The predicted octanol–water partition coefficient (Wildman–Crippen LogP) is -0.365. The molecule has 1 aromatic carbocycles. The first-order valence-corrected chi connectivity index (χ1v) is 5.53. The van der Waals surface area contributed by atoms with E-state index in [9.17, 15) is 19.7 Å². The van der Waals surface area contributed by atoms with Crippen LogP contribution in [0.1, 0.15) is 5.56 Å². The number of nitrogens with zero attached hydrogens (tertiary/aromatic N) is 2. The molecule has 0 aliphatic carbocycles. The average molecular weight is 264 g/mol. The van der Waals surface area contributed by atoms with Crippen molar-refractivity contribution < 1.29 is 14.5 Å². The fraction of sp³-hybridized carbons (Fsp3) is 0.273. The first-order chi connectivity index (χ1) is 8.95. The number of hydrogen-bond donors (Lipinski definition) is 2. The zero-order valence-corrected chi connectivity index (χ0v) is 9.96. The molecule has 1 saturated heterocycles. The van der Waals surface area contributed by atoms with Gasteiger partial charge < -0.3 is 5.73 Å². The third-order valence-corrected chi connectivity index (χ3v) is 2.71. The van der Waals surface area contributed by atoms with Crippen molar-refractivity contribution in [1.82, 2.24) is 10.2 Å². The first kappa shape index (κ1) is 13.0. The molecule has 2 amide bonds. The topological polar surface area (TPSA) is 119 Å². The molecule has 0 atom stereocenters. The number of nitrogens with two attached hydrogens (primary N) is 1. The van der Waals surface area contributed by atoms with Crippen LogP contribution in [0.15, 0.2) is 18.2 Å². The van der Waals surface area contributed by atoms with E-state index in [1.165, 1.54) is 12.1 Å². The lowest BCUT2D eigenvalue weighted by Gasteiger charge is -2.25. The second kappa shape index (κ2) is 5.02. The molecule has 1 aliphatic heterocycles. The van der Waals surface area contributed by atoms with Gasteiger partial charge in [-0.15, -0.1) is 0 Å². The van der Waals surface area contributed by atoms with Crippen LogP contribution in [-0.4, -0.2) is 34.7 Å². The van der Waals surface area contributed by atoms with Crippen LogP contribution in [0.2, 0.25) is 0 Å². The zero-order chi connectivity index (χ0) is 14.0. The maximum absolute atomic E-state index is 11.2. The normalized spacial score (nSPS) is 16.2. The van der Waals surface area contributed by atoms with E-state index in [4.69, 9.17) is 5.73 Å². The summed E-state index contributed by atoms with van der Waals surface area (Å²) in [7, 11) is 0. The molecular weight excluding hydrogens is 252 g/mol. The highest BCUT2D eigenvalue weighted by Crippen LogP contribution is 2.23. The van der Waals surface area contributed by atoms with Crippen LogP contribution in [0.3, 0.4) is 0 Å². The van der Waals surface area contributed by atoms with Crippen molar-refractivity contribution >= 4 is 23.2 Å². The van der Waals surface area contributed by atoms with Gasteiger partial charge in [0.05, 0.1) is 18.0 Å². The third-order valence-electron chi connectivity index (χ3n) is 2.71. The minimum atomic E-state index is -0.563. The molecule has 8 heteroatoms. The van der Waals surface area contributed by atoms with Gasteiger partial charge in [0.25, 0.3) is 5.69 Å². The lowest BCUT2D eigenvalue weighted by Crippen LogP contribution is -2.50. The van der Waals surface area contributed by atoms with Crippen molar-refractivity contribution in [3.05, 3.63) is 33.9 Å². The number of piperazine rings is 1. The summed E-state index contributed by atoms with van der Waals surface area (Å²) in [5.74, 6) is -0.748. The Morgan fingerprint density at radius 1 is 1.32 bits per heavy atom. The largest absolute Gasteiger partial charge is 0.393 e. The molecule has 0 unspecified atom stereocenters. The van der Waals surface area contributed by atoms with Crippen LogP contribution in [0.5, 0.6) is 0 Å². The molecule has 1 heterocycles. The van der Waals surface area contributed by atoms with Crippen molar-refractivity contribution in [1.29, 1.82) is 0 Å². The van der Waals surface area contributed by atoms with Crippen LogP contribution in [0.25, 0.3) is 0 Å². The number of nitrogens with one attached hydrogen (secondary N) is 1. The number of nitro groups is 1. The summed E-state index contributed by atoms with van der Waals surface area (Å²) in [5.41, 5.74) is 6.03. The van der Waals surface area contributed by atoms with Gasteiger partial charge in [0.1, 0.15) is 5.69 Å². The lowest BCUT2D eigenvalue weighted by atomic mass is 10.1. The van der Waals surface area contributed by atoms with Gasteiger partial charge in [0.2, 0.25) is 11.8 Å². The molecule has 0 saturated carbocycles. The number of nitro benzene ring substituents is 1. The Labute approximate surface area is 108 Å². The van der Waals surface area contributed by atoms with Gasteiger partial charge in [-0.3, -0.25) is 29.9 Å². The van der Waals surface area contributed by atoms with Gasteiger partial charge in [-0.25, -0.2) is 0 Å². The van der Waals surface area contributed by atoms with Crippen molar-refractivity contribution in [2.45, 2.75) is 6.54 Å². The Morgan fingerprint density at radius 2 is 1.95 bits per heavy atom. The molecule has 0 aromatic heterocycles. The van der Waals surface area contributed by atoms with Crippen LogP contribution in [0, 0.1) is 10.1 Å². The van der Waals surface area contributed by atoms with E-state index in [-0.39, 0.29) is 42.8 Å². The predicted molar refractivity (Wildman–Crippen MR) is 65.9 cm³/mol. The number of amides is 2. The molecule has 100 valence electrons. The van der Waals surface area contributed by atoms with E-state index in [0.717, 1.165) is 0 Å². The first-order valence-electron chi connectivity index (χ1n) is 5.53. The molecule has 0 radical (unpaired) electrons. The van der Waals surface area contributed by atoms with Gasteiger partial charge in [0.15, 0.2) is 0 Å². The highest BCUT2D eigenvalue weighted by atomic mass is 16.6. The smallest absolute Gasteiger partial charge is 0.292 e. The quantitative estimate of drug-likeness (QED) is 0.333. The molecule has 0 bridgehead atoms. The van der Waals surface area contributed by atoms with Gasteiger partial charge in [-0.2, -0.15) is 0 Å². The minimum Gasteiger partial charge on any atom is -0.393 e. The van der Waals surface area contributed by atoms with E-state index in [1.807, 2.05) is 0 Å². The number of nitrogen functional groups attached to an aromatic ring is 1. The summed E-state index contributed by atoms with van der Waals surface area (Å²) < 4.78 is 0. The lowest BCUT2D eigenvalue weighted by molar-refractivity contribution is -0.384. The summed E-state index contributed by atoms with van der Waals surface area (Å²) in [6, 6.07) is 4.44. The van der Waals surface area contributed by atoms with Crippen molar-refractivity contribution in [2.24, 2.45) is 0 Å². The number of rotatable bonds is 3. The number of benzene rings is 1. The van der Waals surface area contributed by atoms with Crippen molar-refractivity contribution in [3.8, 4) is 0 Å². The molecule has 0 spiro atoms. The van der Waals surface area contributed by atoms with E-state index < -0.39 is 4.92 Å². The summed E-state index contributed by atoms with van der Waals surface area (Å²) in [6.45, 7) is 0.452. The highest BCUT2D eigenvalue weighted by Gasteiger charge is 2.23. The average Bonchev–Trinajstić information content (AvgIpc) is 2.30. The molecule has 1 aliphatic rings. The van der Waals surface area contributed by atoms with Gasteiger partial charge in [-0.05, 0) is 11.6 Å². The molecule has 19 heavy (non-hydrogen) atoms. The molecule has 1 aromatic rings. The van der Waals surface area contributed by atoms with Gasteiger partial charge in [0, 0.05) is 12.6 Å². The Kier molecular flexibility index (Phi) is 3.43. The van der Waals surface area contributed by atoms with Crippen LogP contribution >= 0.6 is 0 Å². The standard InChI is InChI=1S/C11H12N4O4/c12-8-2-1-7(3-9(8)15(18)19)4-14-5-10(16)13-11(17)6-14/h1-3H,4-6,12H2,(H,13,16,17). The molecule has 1 fully saturated rings. The van der Waals surface area contributed by atoms with Gasteiger partial charge in [-0.1, -0.05) is 6.07 Å². The molecule has 3 N–H and O–H groups in total. The summed E-state index contributed by atoms with van der Waals surface area (Å²) >= 11 is 0. The summed E-state index contributed by atoms with van der Waals surface area (Å²) in [5, 5.41) is 13.0. The Hall–Kier alpha value is -2.48. The van der Waals surface area contributed by atoms with Crippen LogP contribution in [0.4, 0.5) is 11.4 Å². The zero-order valence-electron chi connectivity index (χ0n) is 9.96. The number of carbonyl (C=O) groups is 2. The second-order valence-electron chi connectivity index (χ2n) is 4.27. The molecule has 8 nitrogen and oxygen atoms in total. The maximum Gasteiger partial charge on any atom is 0.292 e. The Morgan fingerprint density at radius 3 is 2.53 bits per heavy atom. The van der Waals surface area contributed by atoms with Crippen LogP contribution in [-0.2, 0) is 16.1 Å². The number of carbonyl (C=O) groups excluding carboxylic acids is 2. The Balaban J connectivity index is 2.15. The fourth-order valence-electron chi connectivity index (χ4n) is 1.91. The highest BCUT2D eigenvalue weighted by molar-refractivity contribution is 5.99. The van der Waals surface area contributed by atoms with E-state index >= 15 is 0 Å². The van der Waals surface area contributed by atoms with Crippen LogP contribution < -0.4 is 11.1 Å². The van der Waals surface area contributed by atoms with E-state index in [2.05, 4.69) is 5.32 Å². The summed E-state index contributed by atoms with van der Waals surface area (Å²) in [6.07, 6.45) is 0. The fourth-order valence-corrected chi connectivity index (χ4v) is 1.91. The monoisotopic (exact) mass is 264 g/mol. The summed E-state index contributed by atoms with van der Waals surface area (Å²) in [4.78, 5) is 34.2. The van der Waals surface area contributed by atoms with E-state index in [1.54, 1.807) is 11.0 Å². The van der Waals surface area contributed by atoms with Gasteiger partial charge >= 0.3 is 0 Å². The van der Waals surface area contributed by atoms with Crippen molar-refractivity contribution in [3.63, 3.8) is 0 Å². The molecular formula is C11H12N4O4.